The number of hydrogen-bond acceptors (Lipinski definition) is 6. The van der Waals surface area contributed by atoms with Gasteiger partial charge in [-0.05, 0) is 18.2 Å². The zero-order chi connectivity index (χ0) is 17.6. The van der Waals surface area contributed by atoms with Crippen molar-refractivity contribution in [2.24, 2.45) is 0 Å². The lowest BCUT2D eigenvalue weighted by molar-refractivity contribution is 0.0648. The molecule has 8 heteroatoms. The molecule has 2 rings (SSSR count). The van der Waals surface area contributed by atoms with E-state index in [4.69, 9.17) is 13.3 Å². The third-order valence-corrected chi connectivity index (χ3v) is 3.64. The Bertz CT molecular complexity index is 770. The first-order chi connectivity index (χ1) is 11.4. The molecule has 0 fully saturated rings. The number of benzene rings is 1. The topological polar surface area (TPSA) is 86.0 Å². The fourth-order valence-electron chi connectivity index (χ4n) is 2.09. The molecule has 0 unspecified atom stereocenters. The number of rotatable bonds is 8. The first-order valence-corrected chi connectivity index (χ1v) is 9.01. The van der Waals surface area contributed by atoms with Crippen molar-refractivity contribution in [2.45, 2.75) is 6.54 Å². The van der Waals surface area contributed by atoms with E-state index in [2.05, 4.69) is 0 Å². The first kappa shape index (κ1) is 18.0. The van der Waals surface area contributed by atoms with Crippen molar-refractivity contribution < 1.29 is 26.5 Å². The van der Waals surface area contributed by atoms with Crippen molar-refractivity contribution in [2.75, 3.05) is 26.5 Å². The monoisotopic (exact) mass is 353 g/mol. The number of hydrogen-bond donors (Lipinski definition) is 0. The van der Waals surface area contributed by atoms with E-state index in [-0.39, 0.29) is 24.0 Å². The van der Waals surface area contributed by atoms with Crippen LogP contribution in [0.15, 0.2) is 47.1 Å². The zero-order valence-corrected chi connectivity index (χ0v) is 14.3. The molecule has 7 nitrogen and oxygen atoms in total. The lowest BCUT2D eigenvalue weighted by Crippen LogP contribution is -2.33. The first-order valence-electron chi connectivity index (χ1n) is 7.20. The second-order valence-electron chi connectivity index (χ2n) is 5.09. The molecule has 24 heavy (non-hydrogen) atoms. The molecule has 0 bridgehead atoms. The highest BCUT2D eigenvalue weighted by molar-refractivity contribution is 7.86. The second-order valence-corrected chi connectivity index (χ2v) is 6.67. The van der Waals surface area contributed by atoms with Crippen LogP contribution in [0.3, 0.4) is 0 Å². The molecular formula is C16H19NO6S. The average Bonchev–Trinajstić information content (AvgIpc) is 3.05. The van der Waals surface area contributed by atoms with Gasteiger partial charge in [-0.1, -0.05) is 18.2 Å². The van der Waals surface area contributed by atoms with Gasteiger partial charge in [0.2, 0.25) is 0 Å². The summed E-state index contributed by atoms with van der Waals surface area (Å²) in [6.45, 7) is 0.819. The van der Waals surface area contributed by atoms with Crippen LogP contribution in [0.5, 0.6) is 5.75 Å². The number of furan rings is 1. The third kappa shape index (κ3) is 5.10. The van der Waals surface area contributed by atoms with Crippen LogP contribution in [0.1, 0.15) is 16.1 Å². The highest BCUT2D eigenvalue weighted by Gasteiger charge is 2.20. The number of methoxy groups -OCH3 is 1. The quantitative estimate of drug-likeness (QED) is 0.674. The van der Waals surface area contributed by atoms with Gasteiger partial charge in [0.25, 0.3) is 5.91 Å². The third-order valence-electron chi connectivity index (χ3n) is 3.16. The number of ether oxygens (including phenoxy) is 1. The molecule has 0 N–H and O–H groups in total. The Morgan fingerprint density at radius 3 is 2.58 bits per heavy atom. The SMILES string of the molecule is COCCN(Cc1ccccc1OS(C)(=O)=O)C(=O)c1ccco1. The van der Waals surface area contributed by atoms with Crippen LogP contribution < -0.4 is 4.18 Å². The smallest absolute Gasteiger partial charge is 0.306 e. The summed E-state index contributed by atoms with van der Waals surface area (Å²) in [4.78, 5) is 14.0. The summed E-state index contributed by atoms with van der Waals surface area (Å²) in [7, 11) is -2.12. The number of amides is 1. The van der Waals surface area contributed by atoms with Crippen molar-refractivity contribution >= 4 is 16.0 Å². The fourth-order valence-corrected chi connectivity index (χ4v) is 2.58. The number of para-hydroxylation sites is 1. The summed E-state index contributed by atoms with van der Waals surface area (Å²) >= 11 is 0. The highest BCUT2D eigenvalue weighted by atomic mass is 32.2. The molecule has 130 valence electrons. The van der Waals surface area contributed by atoms with Crippen molar-refractivity contribution in [1.29, 1.82) is 0 Å². The Morgan fingerprint density at radius 1 is 1.21 bits per heavy atom. The molecule has 0 radical (unpaired) electrons. The summed E-state index contributed by atoms with van der Waals surface area (Å²) < 4.78 is 38.0. The van der Waals surface area contributed by atoms with E-state index in [9.17, 15) is 13.2 Å². The van der Waals surface area contributed by atoms with Crippen molar-refractivity contribution in [3.8, 4) is 5.75 Å². The molecule has 0 aliphatic carbocycles. The second kappa shape index (κ2) is 7.98. The number of carbonyl (C=O) groups is 1. The minimum absolute atomic E-state index is 0.161. The van der Waals surface area contributed by atoms with Crippen molar-refractivity contribution in [3.05, 3.63) is 54.0 Å². The van der Waals surface area contributed by atoms with E-state index in [1.807, 2.05) is 0 Å². The Morgan fingerprint density at radius 2 is 1.96 bits per heavy atom. The lowest BCUT2D eigenvalue weighted by atomic mass is 10.2. The van der Waals surface area contributed by atoms with E-state index in [0.717, 1.165) is 6.26 Å². The Kier molecular flexibility index (Phi) is 5.99. The molecule has 0 saturated heterocycles. The highest BCUT2D eigenvalue weighted by Crippen LogP contribution is 2.22. The molecule has 0 atom stereocenters. The van der Waals surface area contributed by atoms with Gasteiger partial charge < -0.3 is 18.2 Å². The van der Waals surface area contributed by atoms with Gasteiger partial charge in [-0.25, -0.2) is 0 Å². The average molecular weight is 353 g/mol. The molecule has 1 heterocycles. The van der Waals surface area contributed by atoms with E-state index in [1.54, 1.807) is 36.4 Å². The van der Waals surface area contributed by atoms with Crippen LogP contribution in [-0.2, 0) is 21.4 Å². The molecule has 0 aliphatic heterocycles. The lowest BCUT2D eigenvalue weighted by Gasteiger charge is -2.22. The Hall–Kier alpha value is -2.32. The van der Waals surface area contributed by atoms with Gasteiger partial charge in [0, 0.05) is 25.8 Å². The van der Waals surface area contributed by atoms with E-state index >= 15 is 0 Å². The van der Waals surface area contributed by atoms with Crippen LogP contribution in [0.25, 0.3) is 0 Å². The van der Waals surface area contributed by atoms with Crippen LogP contribution >= 0.6 is 0 Å². The zero-order valence-electron chi connectivity index (χ0n) is 13.5. The molecule has 1 aromatic carbocycles. The molecular weight excluding hydrogens is 334 g/mol. The maximum atomic E-state index is 12.5. The minimum Gasteiger partial charge on any atom is -0.459 e. The van der Waals surface area contributed by atoms with Gasteiger partial charge in [0.05, 0.1) is 19.1 Å². The number of carbonyl (C=O) groups excluding carboxylic acids is 1. The standard InChI is InChI=1S/C16H19NO6S/c1-21-11-9-17(16(18)15-8-5-10-22-15)12-13-6-3-4-7-14(13)23-24(2,19)20/h3-8,10H,9,11-12H2,1-2H3. The predicted octanol–water partition coefficient (Wildman–Crippen LogP) is 1.91. The van der Waals surface area contributed by atoms with Gasteiger partial charge in [0.15, 0.2) is 5.76 Å². The van der Waals surface area contributed by atoms with E-state index in [1.165, 1.54) is 18.3 Å². The maximum Gasteiger partial charge on any atom is 0.306 e. The van der Waals surface area contributed by atoms with E-state index < -0.39 is 10.1 Å². The summed E-state index contributed by atoms with van der Waals surface area (Å²) in [5, 5.41) is 0. The van der Waals surface area contributed by atoms with Crippen molar-refractivity contribution in [1.82, 2.24) is 4.90 Å². The largest absolute Gasteiger partial charge is 0.459 e. The predicted molar refractivity (Wildman–Crippen MR) is 87.2 cm³/mol. The van der Waals surface area contributed by atoms with Gasteiger partial charge in [-0.15, -0.1) is 0 Å². The minimum atomic E-state index is -3.66. The number of nitrogens with zero attached hydrogens (tertiary/aromatic N) is 1. The van der Waals surface area contributed by atoms with Gasteiger partial charge >= 0.3 is 10.1 Å². The van der Waals surface area contributed by atoms with E-state index in [0.29, 0.717) is 18.7 Å². The van der Waals surface area contributed by atoms with Gasteiger partial charge in [-0.3, -0.25) is 4.79 Å². The summed E-state index contributed by atoms with van der Waals surface area (Å²) in [5.74, 6) is 0.0773. The molecule has 0 saturated carbocycles. The molecule has 2 aromatic rings. The van der Waals surface area contributed by atoms with Crippen LogP contribution in [0, 0.1) is 0 Å². The van der Waals surface area contributed by atoms with Gasteiger partial charge in [0.1, 0.15) is 5.75 Å². The van der Waals surface area contributed by atoms with Gasteiger partial charge in [-0.2, -0.15) is 8.42 Å². The summed E-state index contributed by atoms with van der Waals surface area (Å²) in [6, 6.07) is 9.86. The Labute approximate surface area is 140 Å². The van der Waals surface area contributed by atoms with Crippen LogP contribution in [0.2, 0.25) is 0 Å². The van der Waals surface area contributed by atoms with Crippen LogP contribution in [0.4, 0.5) is 0 Å². The fraction of sp³-hybridized carbons (Fsp3) is 0.312. The molecule has 1 amide bonds. The molecule has 1 aromatic heterocycles. The summed E-state index contributed by atoms with van der Waals surface area (Å²) in [5.41, 5.74) is 0.568. The summed E-state index contributed by atoms with van der Waals surface area (Å²) in [6.07, 6.45) is 2.39. The van der Waals surface area contributed by atoms with Crippen LogP contribution in [-0.4, -0.2) is 45.7 Å². The van der Waals surface area contributed by atoms with Crippen molar-refractivity contribution in [3.63, 3.8) is 0 Å². The maximum absolute atomic E-state index is 12.5. The molecule has 0 spiro atoms. The Balaban J connectivity index is 2.25. The normalized spacial score (nSPS) is 11.2. The molecule has 0 aliphatic rings.